The largest absolute Gasteiger partial charge is 0.504 e. The summed E-state index contributed by atoms with van der Waals surface area (Å²) < 4.78 is 12.6. The minimum absolute atomic E-state index is 0.0483. The molecule has 212 valence electrons. The molecule has 0 bridgehead atoms. The Hall–Kier alpha value is -2.65. The molecule has 3 aliphatic rings. The minimum atomic E-state index is -0.354. The molecule has 7 heteroatoms. The van der Waals surface area contributed by atoms with Gasteiger partial charge in [0.2, 0.25) is 11.8 Å². The third kappa shape index (κ3) is 5.34. The molecule has 0 aromatic heterocycles. The number of benzene rings is 2. The molecule has 2 fully saturated rings. The van der Waals surface area contributed by atoms with Crippen LogP contribution in [-0.4, -0.2) is 36.7 Å². The molecule has 6 nitrogen and oxygen atoms in total. The summed E-state index contributed by atoms with van der Waals surface area (Å²) in [7, 11) is 1.57. The molecule has 2 amide bonds. The van der Waals surface area contributed by atoms with Crippen molar-refractivity contribution in [1.82, 2.24) is 0 Å². The van der Waals surface area contributed by atoms with E-state index in [0.29, 0.717) is 24.5 Å². The molecule has 0 unspecified atom stereocenters. The van der Waals surface area contributed by atoms with Gasteiger partial charge in [0.15, 0.2) is 11.5 Å². The van der Waals surface area contributed by atoms with Crippen LogP contribution in [0.2, 0.25) is 0 Å². The number of hydrogen-bond donors (Lipinski definition) is 1. The van der Waals surface area contributed by atoms with Gasteiger partial charge < -0.3 is 14.6 Å². The monoisotopic (exact) mass is 655 g/mol. The van der Waals surface area contributed by atoms with Crippen LogP contribution in [0.25, 0.3) is 6.08 Å². The topological polar surface area (TPSA) is 76.1 Å². The number of halogens is 1. The van der Waals surface area contributed by atoms with Gasteiger partial charge in [-0.25, -0.2) is 0 Å². The lowest BCUT2D eigenvalue weighted by atomic mass is 9.67. The van der Waals surface area contributed by atoms with E-state index in [9.17, 15) is 14.7 Å². The summed E-state index contributed by atoms with van der Waals surface area (Å²) in [6.45, 7) is 7.04. The number of hydrogen-bond acceptors (Lipinski definition) is 5. The van der Waals surface area contributed by atoms with E-state index >= 15 is 0 Å². The molecule has 5 rings (SSSR count). The molecule has 2 aliphatic heterocycles. The molecule has 1 aliphatic carbocycles. The van der Waals surface area contributed by atoms with Gasteiger partial charge in [0, 0.05) is 5.92 Å². The molecule has 2 aromatic carbocycles. The van der Waals surface area contributed by atoms with Crippen LogP contribution < -0.4 is 9.64 Å². The maximum Gasteiger partial charge on any atom is 0.238 e. The highest BCUT2D eigenvalue weighted by molar-refractivity contribution is 14.1. The van der Waals surface area contributed by atoms with Crippen molar-refractivity contribution in [1.29, 1.82) is 0 Å². The lowest BCUT2D eigenvalue weighted by Crippen LogP contribution is -2.35. The van der Waals surface area contributed by atoms with Gasteiger partial charge in [0.05, 0.1) is 40.9 Å². The quantitative estimate of drug-likeness (QED) is 0.177. The summed E-state index contributed by atoms with van der Waals surface area (Å²) in [5, 5.41) is 10.2. The molecule has 2 heterocycles. The normalized spacial score (nSPS) is 24.6. The number of ether oxygens (including phenoxy) is 2. The van der Waals surface area contributed by atoms with Gasteiger partial charge in [-0.1, -0.05) is 62.6 Å². The molecule has 0 spiro atoms. The summed E-state index contributed by atoms with van der Waals surface area (Å²) in [6, 6.07) is 13.2. The first-order valence-electron chi connectivity index (χ1n) is 14.3. The molecular formula is C33H38INO5. The molecule has 0 saturated carbocycles. The zero-order valence-electron chi connectivity index (χ0n) is 23.7. The summed E-state index contributed by atoms with van der Waals surface area (Å²) in [6.07, 6.45) is 6.49. The first-order valence-corrected chi connectivity index (χ1v) is 15.4. The van der Waals surface area contributed by atoms with E-state index in [2.05, 4.69) is 49.4 Å². The van der Waals surface area contributed by atoms with Gasteiger partial charge in [-0.2, -0.15) is 0 Å². The summed E-state index contributed by atoms with van der Waals surface area (Å²) in [5.41, 5.74) is 5.55. The van der Waals surface area contributed by atoms with Crippen molar-refractivity contribution in [3.8, 4) is 11.5 Å². The summed E-state index contributed by atoms with van der Waals surface area (Å²) in [4.78, 5) is 28.7. The van der Waals surface area contributed by atoms with E-state index in [4.69, 9.17) is 9.47 Å². The van der Waals surface area contributed by atoms with Crippen LogP contribution in [0, 0.1) is 27.2 Å². The fourth-order valence-corrected chi connectivity index (χ4v) is 7.39. The van der Waals surface area contributed by atoms with Crippen molar-refractivity contribution in [3.05, 3.63) is 68.3 Å². The van der Waals surface area contributed by atoms with Gasteiger partial charge in [-0.15, -0.1) is 0 Å². The van der Waals surface area contributed by atoms with E-state index in [0.717, 1.165) is 34.8 Å². The third-order valence-corrected chi connectivity index (χ3v) is 9.42. The number of amides is 2. The second-order valence-corrected chi connectivity index (χ2v) is 12.6. The molecule has 40 heavy (non-hydrogen) atoms. The molecule has 4 atom stereocenters. The Balaban J connectivity index is 1.40. The highest BCUT2D eigenvalue weighted by atomic mass is 127. The van der Waals surface area contributed by atoms with E-state index in [1.54, 1.807) is 7.11 Å². The van der Waals surface area contributed by atoms with Crippen molar-refractivity contribution in [2.24, 2.45) is 23.7 Å². The predicted octanol–water partition coefficient (Wildman–Crippen LogP) is 7.15. The van der Waals surface area contributed by atoms with E-state index in [1.165, 1.54) is 21.6 Å². The third-order valence-electron chi connectivity index (χ3n) is 8.60. The van der Waals surface area contributed by atoms with Gasteiger partial charge in [0.1, 0.15) is 0 Å². The number of phenols is 1. The van der Waals surface area contributed by atoms with Crippen LogP contribution in [0.5, 0.6) is 11.5 Å². The fourth-order valence-electron chi connectivity index (χ4n) is 6.77. The average molecular weight is 656 g/mol. The first kappa shape index (κ1) is 28.9. The SMILES string of the molecule is CCC/C(=C\c1cc(I)c(O)c(OC)c1)CC[C@H]1OC[C@H]2C1=C(C(C)C)C[C@H]1C(=O)N(c3ccccc3)C(=O)[C@H]12. The van der Waals surface area contributed by atoms with Gasteiger partial charge in [0.25, 0.3) is 0 Å². The van der Waals surface area contributed by atoms with Gasteiger partial charge >= 0.3 is 0 Å². The lowest BCUT2D eigenvalue weighted by molar-refractivity contribution is -0.122. The van der Waals surface area contributed by atoms with Crippen LogP contribution in [0.4, 0.5) is 5.69 Å². The number of aromatic hydroxyl groups is 1. The van der Waals surface area contributed by atoms with Crippen molar-refractivity contribution in [2.45, 2.75) is 59.0 Å². The highest BCUT2D eigenvalue weighted by Gasteiger charge is 2.57. The zero-order chi connectivity index (χ0) is 28.6. The first-order chi connectivity index (χ1) is 19.2. The second kappa shape index (κ2) is 12.1. The standard InChI is InChI=1S/C33H38INO5/c1-5-9-20(14-21-15-26(34)31(36)28(16-21)39-4)12-13-27-29-23(19(2)3)17-24-30(25(29)18-40-27)33(38)35(32(24)37)22-10-7-6-8-11-22/h6-8,10-11,14-16,19,24-25,27,30,36H,5,9,12-13,17-18H2,1-4H3/b20-14+/t24-,25+,27-,30-/m1/s1. The number of methoxy groups -OCH3 is 1. The van der Waals surface area contributed by atoms with Crippen molar-refractivity contribution < 1.29 is 24.2 Å². The Morgan fingerprint density at radius 2 is 1.90 bits per heavy atom. The number of allylic oxidation sites excluding steroid dienone is 2. The number of phenolic OH excluding ortho intramolecular Hbond substituents is 1. The summed E-state index contributed by atoms with van der Waals surface area (Å²) in [5.74, 6) is 0.0432. The highest BCUT2D eigenvalue weighted by Crippen LogP contribution is 2.52. The van der Waals surface area contributed by atoms with Crippen LogP contribution in [0.1, 0.15) is 58.4 Å². The average Bonchev–Trinajstić information content (AvgIpc) is 3.47. The van der Waals surface area contributed by atoms with Crippen LogP contribution in [0.15, 0.2) is 59.2 Å². The van der Waals surface area contributed by atoms with Crippen LogP contribution in [-0.2, 0) is 14.3 Å². The Kier molecular flexibility index (Phi) is 8.71. The fraction of sp³-hybridized carbons (Fsp3) is 0.455. The van der Waals surface area contributed by atoms with E-state index in [1.807, 2.05) is 42.5 Å². The lowest BCUT2D eigenvalue weighted by Gasteiger charge is -2.33. The molecule has 2 saturated heterocycles. The molecule has 1 N–H and O–H groups in total. The number of fused-ring (bicyclic) bond motifs is 3. The van der Waals surface area contributed by atoms with E-state index < -0.39 is 0 Å². The number of nitrogens with zero attached hydrogens (tertiary/aromatic N) is 1. The minimum Gasteiger partial charge on any atom is -0.504 e. The number of carbonyl (C=O) groups is 2. The predicted molar refractivity (Wildman–Crippen MR) is 165 cm³/mol. The Morgan fingerprint density at radius 1 is 1.15 bits per heavy atom. The number of anilines is 1. The number of imide groups is 1. The van der Waals surface area contributed by atoms with Gasteiger partial charge in [-0.05, 0) is 89.6 Å². The van der Waals surface area contributed by atoms with Crippen LogP contribution in [0.3, 0.4) is 0 Å². The number of carbonyl (C=O) groups excluding carboxylic acids is 2. The smallest absolute Gasteiger partial charge is 0.238 e. The van der Waals surface area contributed by atoms with Crippen molar-refractivity contribution in [2.75, 3.05) is 18.6 Å². The van der Waals surface area contributed by atoms with E-state index in [-0.39, 0.29) is 47.3 Å². The maximum absolute atomic E-state index is 13.7. The Bertz CT molecular complexity index is 1350. The number of para-hydroxylation sites is 1. The van der Waals surface area contributed by atoms with Crippen molar-refractivity contribution in [3.63, 3.8) is 0 Å². The van der Waals surface area contributed by atoms with Gasteiger partial charge in [-0.3, -0.25) is 14.5 Å². The Labute approximate surface area is 250 Å². The Morgan fingerprint density at radius 3 is 2.58 bits per heavy atom. The maximum atomic E-state index is 13.7. The second-order valence-electron chi connectivity index (χ2n) is 11.4. The van der Waals surface area contributed by atoms with Crippen LogP contribution >= 0.6 is 22.6 Å². The number of rotatable bonds is 9. The van der Waals surface area contributed by atoms with Crippen molar-refractivity contribution >= 4 is 46.2 Å². The zero-order valence-corrected chi connectivity index (χ0v) is 25.8. The summed E-state index contributed by atoms with van der Waals surface area (Å²) >= 11 is 2.13. The molecule has 2 aromatic rings. The molecular weight excluding hydrogens is 617 g/mol. The molecule has 0 radical (unpaired) electrons.